The molecule has 0 radical (unpaired) electrons. The maximum absolute atomic E-state index is 12.3. The maximum Gasteiger partial charge on any atom is 0.307 e. The summed E-state index contributed by atoms with van der Waals surface area (Å²) < 4.78 is 0. The highest BCUT2D eigenvalue weighted by Gasteiger charge is 2.18. The van der Waals surface area contributed by atoms with E-state index in [1.54, 1.807) is 12.1 Å². The molecule has 0 atom stereocenters. The molecule has 0 amide bonds. The van der Waals surface area contributed by atoms with Gasteiger partial charge in [-0.3, -0.25) is 9.59 Å². The van der Waals surface area contributed by atoms with Gasteiger partial charge < -0.3 is 15.3 Å². The molecule has 0 aliphatic carbocycles. The molecule has 0 aromatic heterocycles. The van der Waals surface area contributed by atoms with Gasteiger partial charge in [-0.05, 0) is 29.3 Å². The van der Waals surface area contributed by atoms with Crippen LogP contribution in [0, 0.1) is 0 Å². The fraction of sp³-hybridized carbons (Fsp3) is 0.125. The van der Waals surface area contributed by atoms with Crippen LogP contribution in [0.1, 0.15) is 21.5 Å². The molecular formula is C16H14O5. The minimum Gasteiger partial charge on any atom is -0.508 e. The van der Waals surface area contributed by atoms with Crippen LogP contribution in [-0.2, 0) is 17.6 Å². The quantitative estimate of drug-likeness (QED) is 0.732. The number of carbonyl (C=O) groups is 2. The number of carbonyl (C=O) groups excluding carboxylic acids is 1. The molecule has 5 nitrogen and oxygen atoms in total. The summed E-state index contributed by atoms with van der Waals surface area (Å²) in [6, 6.07) is 10.6. The predicted octanol–water partition coefficient (Wildman–Crippen LogP) is 2.15. The Morgan fingerprint density at radius 3 is 2.33 bits per heavy atom. The van der Waals surface area contributed by atoms with Gasteiger partial charge in [0.2, 0.25) is 0 Å². The Hall–Kier alpha value is -2.82. The van der Waals surface area contributed by atoms with Crippen LogP contribution >= 0.6 is 0 Å². The molecule has 108 valence electrons. The van der Waals surface area contributed by atoms with Gasteiger partial charge in [0.15, 0.2) is 5.78 Å². The summed E-state index contributed by atoms with van der Waals surface area (Å²) in [6.07, 6.45) is -0.367. The minimum atomic E-state index is -1.08. The highest BCUT2D eigenvalue weighted by Crippen LogP contribution is 2.24. The Bertz CT molecular complexity index is 691. The van der Waals surface area contributed by atoms with Crippen LogP contribution in [0.25, 0.3) is 0 Å². The highest BCUT2D eigenvalue weighted by molar-refractivity contribution is 6.02. The van der Waals surface area contributed by atoms with Gasteiger partial charge in [0.05, 0.1) is 12.0 Å². The molecule has 0 aliphatic heterocycles. The average Bonchev–Trinajstić information content (AvgIpc) is 2.37. The molecule has 0 fully saturated rings. The van der Waals surface area contributed by atoms with Gasteiger partial charge in [-0.15, -0.1) is 0 Å². The van der Waals surface area contributed by atoms with E-state index >= 15 is 0 Å². The molecule has 0 bridgehead atoms. The number of benzene rings is 2. The van der Waals surface area contributed by atoms with Crippen LogP contribution in [-0.4, -0.2) is 27.1 Å². The number of phenols is 2. The van der Waals surface area contributed by atoms with Crippen LogP contribution < -0.4 is 0 Å². The summed E-state index contributed by atoms with van der Waals surface area (Å²) in [5.41, 5.74) is 0.875. The number of rotatable bonds is 5. The van der Waals surface area contributed by atoms with Crippen LogP contribution in [0.5, 0.6) is 11.5 Å². The van der Waals surface area contributed by atoms with E-state index in [1.165, 1.54) is 30.3 Å². The zero-order chi connectivity index (χ0) is 15.4. The van der Waals surface area contributed by atoms with Crippen molar-refractivity contribution in [3.8, 4) is 11.5 Å². The lowest BCUT2D eigenvalue weighted by Crippen LogP contribution is -2.10. The van der Waals surface area contributed by atoms with Crippen LogP contribution in [0.4, 0.5) is 0 Å². The van der Waals surface area contributed by atoms with Crippen molar-refractivity contribution in [2.45, 2.75) is 12.8 Å². The number of carboxylic acids is 1. The number of phenolic OH excluding ortho intramolecular Hbond substituents is 2. The first-order valence-electron chi connectivity index (χ1n) is 6.31. The molecule has 2 rings (SSSR count). The van der Waals surface area contributed by atoms with E-state index in [0.29, 0.717) is 5.56 Å². The second-order valence-electron chi connectivity index (χ2n) is 4.65. The van der Waals surface area contributed by atoms with Crippen molar-refractivity contribution in [2.24, 2.45) is 0 Å². The van der Waals surface area contributed by atoms with E-state index < -0.39 is 11.8 Å². The van der Waals surface area contributed by atoms with Gasteiger partial charge in [0, 0.05) is 6.42 Å². The molecule has 0 heterocycles. The monoisotopic (exact) mass is 286 g/mol. The molecule has 0 aliphatic rings. The van der Waals surface area contributed by atoms with Crippen molar-refractivity contribution >= 4 is 11.8 Å². The van der Waals surface area contributed by atoms with Crippen LogP contribution in [0.15, 0.2) is 42.5 Å². The van der Waals surface area contributed by atoms with E-state index in [2.05, 4.69) is 0 Å². The Labute approximate surface area is 121 Å². The number of hydrogen-bond acceptors (Lipinski definition) is 4. The number of carboxylic acid groups (broad SMARTS) is 1. The van der Waals surface area contributed by atoms with Crippen molar-refractivity contribution in [2.75, 3.05) is 0 Å². The third kappa shape index (κ3) is 3.60. The summed E-state index contributed by atoms with van der Waals surface area (Å²) in [4.78, 5) is 23.1. The molecule has 0 saturated carbocycles. The number of Topliss-reactive ketones (excluding diaryl/α,β-unsaturated/α-hetero) is 1. The molecular weight excluding hydrogens is 272 g/mol. The summed E-state index contributed by atoms with van der Waals surface area (Å²) in [6.45, 7) is 0. The van der Waals surface area contributed by atoms with Crippen LogP contribution in [0.2, 0.25) is 0 Å². The summed E-state index contributed by atoms with van der Waals surface area (Å²) in [5, 5.41) is 28.1. The first-order chi connectivity index (χ1) is 9.97. The fourth-order valence-corrected chi connectivity index (χ4v) is 2.16. The zero-order valence-electron chi connectivity index (χ0n) is 11.1. The second-order valence-corrected chi connectivity index (χ2v) is 4.65. The third-order valence-corrected chi connectivity index (χ3v) is 3.02. The van der Waals surface area contributed by atoms with Gasteiger partial charge >= 0.3 is 5.97 Å². The van der Waals surface area contributed by atoms with E-state index in [-0.39, 0.29) is 35.5 Å². The molecule has 2 aromatic carbocycles. The average molecular weight is 286 g/mol. The molecule has 3 N–H and O–H groups in total. The smallest absolute Gasteiger partial charge is 0.307 e. The number of hydrogen-bond donors (Lipinski definition) is 3. The lowest BCUT2D eigenvalue weighted by molar-refractivity contribution is -0.136. The SMILES string of the molecule is O=C(O)Cc1cccc(O)c1C(=O)Cc1cccc(O)c1. The number of aromatic hydroxyl groups is 2. The van der Waals surface area contributed by atoms with Gasteiger partial charge in [-0.1, -0.05) is 24.3 Å². The predicted molar refractivity (Wildman–Crippen MR) is 75.6 cm³/mol. The summed E-state index contributed by atoms with van der Waals surface area (Å²) in [7, 11) is 0. The fourth-order valence-electron chi connectivity index (χ4n) is 2.16. The molecule has 2 aromatic rings. The Morgan fingerprint density at radius 1 is 0.952 bits per heavy atom. The Morgan fingerprint density at radius 2 is 1.67 bits per heavy atom. The van der Waals surface area contributed by atoms with Gasteiger partial charge in [-0.2, -0.15) is 0 Å². The summed E-state index contributed by atoms with van der Waals surface area (Å²) >= 11 is 0. The molecule has 5 heteroatoms. The van der Waals surface area contributed by atoms with E-state index in [9.17, 15) is 19.8 Å². The number of aliphatic carboxylic acids is 1. The van der Waals surface area contributed by atoms with Crippen molar-refractivity contribution in [3.05, 3.63) is 59.2 Å². The lowest BCUT2D eigenvalue weighted by atomic mass is 9.96. The molecule has 0 saturated heterocycles. The Kier molecular flexibility index (Phi) is 4.23. The molecule has 0 spiro atoms. The van der Waals surface area contributed by atoms with Crippen molar-refractivity contribution in [1.29, 1.82) is 0 Å². The van der Waals surface area contributed by atoms with Crippen LogP contribution in [0.3, 0.4) is 0 Å². The van der Waals surface area contributed by atoms with Crippen molar-refractivity contribution < 1.29 is 24.9 Å². The van der Waals surface area contributed by atoms with E-state index in [4.69, 9.17) is 5.11 Å². The van der Waals surface area contributed by atoms with Crippen molar-refractivity contribution in [3.63, 3.8) is 0 Å². The summed E-state index contributed by atoms with van der Waals surface area (Å²) in [5.74, 6) is -1.66. The van der Waals surface area contributed by atoms with E-state index in [0.717, 1.165) is 0 Å². The minimum absolute atomic E-state index is 0.0169. The van der Waals surface area contributed by atoms with E-state index in [1.807, 2.05) is 0 Å². The normalized spacial score (nSPS) is 10.3. The molecule has 0 unspecified atom stereocenters. The first-order valence-corrected chi connectivity index (χ1v) is 6.31. The van der Waals surface area contributed by atoms with Crippen molar-refractivity contribution in [1.82, 2.24) is 0 Å². The van der Waals surface area contributed by atoms with Gasteiger partial charge in [0.1, 0.15) is 11.5 Å². The first kappa shape index (κ1) is 14.6. The standard InChI is InChI=1S/C16H14O5/c17-12-5-1-3-10(7-12)8-14(19)16-11(9-15(20)21)4-2-6-13(16)18/h1-7,17-18H,8-9H2,(H,20,21). The zero-order valence-corrected chi connectivity index (χ0v) is 11.1. The number of ketones is 1. The maximum atomic E-state index is 12.3. The topological polar surface area (TPSA) is 94.8 Å². The third-order valence-electron chi connectivity index (χ3n) is 3.02. The largest absolute Gasteiger partial charge is 0.508 e. The van der Waals surface area contributed by atoms with Gasteiger partial charge in [0.25, 0.3) is 0 Å². The van der Waals surface area contributed by atoms with Gasteiger partial charge in [-0.25, -0.2) is 0 Å². The molecule has 21 heavy (non-hydrogen) atoms. The lowest BCUT2D eigenvalue weighted by Gasteiger charge is -2.09. The second kappa shape index (κ2) is 6.09. The highest BCUT2D eigenvalue weighted by atomic mass is 16.4. The Balaban J connectivity index is 2.32.